The number of primary amides is 1. The monoisotopic (exact) mass is 341 g/mol. The Bertz CT molecular complexity index is 594. The second kappa shape index (κ2) is 6.84. The normalized spacial score (nSPS) is 21.3. The van der Waals surface area contributed by atoms with Crippen LogP contribution in [0.4, 0.5) is 5.00 Å². The predicted octanol–water partition coefficient (Wildman–Crippen LogP) is 1.82. The van der Waals surface area contributed by atoms with Crippen molar-refractivity contribution in [1.29, 1.82) is 0 Å². The van der Waals surface area contributed by atoms with Crippen molar-refractivity contribution < 1.29 is 19.1 Å². The van der Waals surface area contributed by atoms with Crippen LogP contribution in [0.2, 0.25) is 0 Å². The Morgan fingerprint density at radius 3 is 2.65 bits per heavy atom. The number of thiazole rings is 1. The standard InChI is InChI=1S/C15H23N3O4S/c1-15(2,3)22-14(20)13-18-11(12(17)23-13)8-5-4-6-9(8)21-7-10(16)19/h8-9H,4-7,17H2,1-3H3,(H2,16,19). The maximum absolute atomic E-state index is 12.1. The highest BCUT2D eigenvalue weighted by Gasteiger charge is 2.34. The number of nitrogen functional groups attached to an aromatic ring is 1. The zero-order valence-electron chi connectivity index (χ0n) is 13.6. The Labute approximate surface area is 139 Å². The van der Waals surface area contributed by atoms with Gasteiger partial charge in [-0.1, -0.05) is 17.8 Å². The molecule has 4 N–H and O–H groups in total. The maximum Gasteiger partial charge on any atom is 0.368 e. The molecule has 1 fully saturated rings. The quantitative estimate of drug-likeness (QED) is 0.789. The molecule has 23 heavy (non-hydrogen) atoms. The van der Waals surface area contributed by atoms with E-state index in [0.717, 1.165) is 30.6 Å². The van der Waals surface area contributed by atoms with Crippen LogP contribution in [0.15, 0.2) is 0 Å². The van der Waals surface area contributed by atoms with Crippen LogP contribution in [0.1, 0.15) is 61.4 Å². The van der Waals surface area contributed by atoms with Gasteiger partial charge in [-0.05, 0) is 33.6 Å². The SMILES string of the molecule is CC(C)(C)OC(=O)c1nc(C2CCCC2OCC(N)=O)c(N)s1. The number of carbonyl (C=O) groups is 2. The molecule has 1 aliphatic rings. The highest BCUT2D eigenvalue weighted by Crippen LogP contribution is 2.40. The molecule has 0 bridgehead atoms. The van der Waals surface area contributed by atoms with Gasteiger partial charge in [0.25, 0.3) is 0 Å². The summed E-state index contributed by atoms with van der Waals surface area (Å²) in [6, 6.07) is 0. The largest absolute Gasteiger partial charge is 0.455 e. The molecule has 2 atom stereocenters. The van der Waals surface area contributed by atoms with Gasteiger partial charge in [-0.15, -0.1) is 0 Å². The lowest BCUT2D eigenvalue weighted by atomic mass is 10.0. The van der Waals surface area contributed by atoms with E-state index < -0.39 is 17.5 Å². The highest BCUT2D eigenvalue weighted by atomic mass is 32.1. The fourth-order valence-corrected chi connectivity index (χ4v) is 3.42. The van der Waals surface area contributed by atoms with Crippen molar-refractivity contribution in [2.45, 2.75) is 57.7 Å². The van der Waals surface area contributed by atoms with E-state index in [9.17, 15) is 9.59 Å². The molecule has 1 aromatic heterocycles. The molecular weight excluding hydrogens is 318 g/mol. The first-order chi connectivity index (χ1) is 10.7. The molecule has 0 aromatic carbocycles. The first kappa shape index (κ1) is 17.7. The van der Waals surface area contributed by atoms with Crippen molar-refractivity contribution in [3.8, 4) is 0 Å². The third-order valence-electron chi connectivity index (χ3n) is 3.50. The van der Waals surface area contributed by atoms with Crippen molar-refractivity contribution in [2.75, 3.05) is 12.3 Å². The van der Waals surface area contributed by atoms with E-state index in [0.29, 0.717) is 10.7 Å². The molecule has 8 heteroatoms. The lowest BCUT2D eigenvalue weighted by Crippen LogP contribution is -2.26. The minimum absolute atomic E-state index is 0.0261. The predicted molar refractivity (Wildman–Crippen MR) is 87.2 cm³/mol. The number of hydrogen-bond donors (Lipinski definition) is 2. The van der Waals surface area contributed by atoms with Crippen LogP contribution in [0.3, 0.4) is 0 Å². The molecular formula is C15H23N3O4S. The fourth-order valence-electron chi connectivity index (χ4n) is 2.65. The van der Waals surface area contributed by atoms with Crippen molar-refractivity contribution in [2.24, 2.45) is 5.73 Å². The van der Waals surface area contributed by atoms with Gasteiger partial charge in [0, 0.05) is 5.92 Å². The summed E-state index contributed by atoms with van der Waals surface area (Å²) in [7, 11) is 0. The Hall–Kier alpha value is -1.67. The number of nitrogens with two attached hydrogens (primary N) is 2. The van der Waals surface area contributed by atoms with Gasteiger partial charge < -0.3 is 20.9 Å². The van der Waals surface area contributed by atoms with Crippen LogP contribution in [-0.4, -0.2) is 35.2 Å². The molecule has 1 aliphatic carbocycles. The number of hydrogen-bond acceptors (Lipinski definition) is 7. The summed E-state index contributed by atoms with van der Waals surface area (Å²) >= 11 is 1.12. The topological polar surface area (TPSA) is 118 Å². The molecule has 0 saturated heterocycles. The number of aromatic nitrogens is 1. The van der Waals surface area contributed by atoms with Gasteiger partial charge in [0.05, 0.1) is 11.8 Å². The van der Waals surface area contributed by atoms with Gasteiger partial charge in [0.15, 0.2) is 0 Å². The minimum atomic E-state index is -0.585. The molecule has 2 unspecified atom stereocenters. The lowest BCUT2D eigenvalue weighted by Gasteiger charge is -2.19. The molecule has 1 saturated carbocycles. The second-order valence-corrected chi connectivity index (χ2v) is 7.65. The van der Waals surface area contributed by atoms with Crippen molar-refractivity contribution in [3.63, 3.8) is 0 Å². The van der Waals surface area contributed by atoms with Crippen molar-refractivity contribution in [1.82, 2.24) is 4.98 Å². The molecule has 1 heterocycles. The van der Waals surface area contributed by atoms with Gasteiger partial charge in [-0.2, -0.15) is 0 Å². The van der Waals surface area contributed by atoms with E-state index in [1.807, 2.05) is 0 Å². The van der Waals surface area contributed by atoms with Crippen LogP contribution >= 0.6 is 11.3 Å². The minimum Gasteiger partial charge on any atom is -0.455 e. The van der Waals surface area contributed by atoms with E-state index >= 15 is 0 Å². The maximum atomic E-state index is 12.1. The average Bonchev–Trinajstić information content (AvgIpc) is 3.00. The van der Waals surface area contributed by atoms with Gasteiger partial charge >= 0.3 is 5.97 Å². The zero-order chi connectivity index (χ0) is 17.2. The molecule has 0 spiro atoms. The second-order valence-electron chi connectivity index (χ2n) is 6.62. The zero-order valence-corrected chi connectivity index (χ0v) is 14.4. The van der Waals surface area contributed by atoms with Gasteiger partial charge in [0.1, 0.15) is 17.2 Å². The Balaban J connectivity index is 2.13. The van der Waals surface area contributed by atoms with E-state index in [1.54, 1.807) is 20.8 Å². The van der Waals surface area contributed by atoms with Crippen LogP contribution < -0.4 is 11.5 Å². The van der Waals surface area contributed by atoms with Crippen LogP contribution in [0.5, 0.6) is 0 Å². The average molecular weight is 341 g/mol. The third kappa shape index (κ3) is 4.65. The number of nitrogens with zero attached hydrogens (tertiary/aromatic N) is 1. The summed E-state index contributed by atoms with van der Waals surface area (Å²) in [5.74, 6) is -1.01. The van der Waals surface area contributed by atoms with Crippen molar-refractivity contribution in [3.05, 3.63) is 10.7 Å². The van der Waals surface area contributed by atoms with E-state index in [4.69, 9.17) is 20.9 Å². The Morgan fingerprint density at radius 1 is 1.35 bits per heavy atom. The number of anilines is 1. The number of amides is 1. The smallest absolute Gasteiger partial charge is 0.368 e. The number of carbonyl (C=O) groups excluding carboxylic acids is 2. The molecule has 1 amide bonds. The molecule has 128 valence electrons. The summed E-state index contributed by atoms with van der Waals surface area (Å²) in [4.78, 5) is 27.4. The summed E-state index contributed by atoms with van der Waals surface area (Å²) in [6.45, 7) is 5.28. The van der Waals surface area contributed by atoms with Crippen molar-refractivity contribution >= 4 is 28.2 Å². The van der Waals surface area contributed by atoms with Gasteiger partial charge in [0.2, 0.25) is 10.9 Å². The van der Waals surface area contributed by atoms with Gasteiger partial charge in [-0.3, -0.25) is 4.79 Å². The summed E-state index contributed by atoms with van der Waals surface area (Å²) in [5.41, 5.74) is 11.2. The molecule has 0 radical (unpaired) electrons. The van der Waals surface area contributed by atoms with E-state index in [-0.39, 0.29) is 23.6 Å². The third-order valence-corrected chi connectivity index (χ3v) is 4.38. The molecule has 0 aliphatic heterocycles. The number of ether oxygens (including phenoxy) is 2. The fraction of sp³-hybridized carbons (Fsp3) is 0.667. The molecule has 7 nitrogen and oxygen atoms in total. The summed E-state index contributed by atoms with van der Waals surface area (Å²) in [5, 5.41) is 0.735. The van der Waals surface area contributed by atoms with E-state index in [2.05, 4.69) is 4.98 Å². The Morgan fingerprint density at radius 2 is 2.04 bits per heavy atom. The van der Waals surface area contributed by atoms with Crippen LogP contribution in [0.25, 0.3) is 0 Å². The Kier molecular flexibility index (Phi) is 5.26. The molecule has 1 aromatic rings. The van der Waals surface area contributed by atoms with Gasteiger partial charge in [-0.25, -0.2) is 9.78 Å². The highest BCUT2D eigenvalue weighted by molar-refractivity contribution is 7.17. The first-order valence-corrected chi connectivity index (χ1v) is 8.38. The molecule has 2 rings (SSSR count). The van der Waals surface area contributed by atoms with E-state index in [1.165, 1.54) is 0 Å². The van der Waals surface area contributed by atoms with Crippen LogP contribution in [0, 0.1) is 0 Å². The number of esters is 1. The van der Waals surface area contributed by atoms with Crippen LogP contribution in [-0.2, 0) is 14.3 Å². The summed E-state index contributed by atoms with van der Waals surface area (Å²) in [6.07, 6.45) is 2.47. The summed E-state index contributed by atoms with van der Waals surface area (Å²) < 4.78 is 10.9. The lowest BCUT2D eigenvalue weighted by molar-refractivity contribution is -0.124. The number of rotatable bonds is 5. The first-order valence-electron chi connectivity index (χ1n) is 7.57.